The number of hydrogen-bond donors (Lipinski definition) is 0. The van der Waals surface area contributed by atoms with Gasteiger partial charge >= 0.3 is 0 Å². The van der Waals surface area contributed by atoms with Crippen LogP contribution in [0.2, 0.25) is 0 Å². The van der Waals surface area contributed by atoms with Gasteiger partial charge in [0.1, 0.15) is 0 Å². The summed E-state index contributed by atoms with van der Waals surface area (Å²) in [6.45, 7) is 6.81. The quantitative estimate of drug-likeness (QED) is 0.546. The minimum absolute atomic E-state index is 0.792. The summed E-state index contributed by atoms with van der Waals surface area (Å²) in [6, 6.07) is 4.52. The van der Waals surface area contributed by atoms with Gasteiger partial charge < -0.3 is 0 Å². The van der Waals surface area contributed by atoms with Crippen molar-refractivity contribution in [3.8, 4) is 0 Å². The highest BCUT2D eigenvalue weighted by Gasteiger charge is 2.21. The second-order valence-electron chi connectivity index (χ2n) is 4.03. The van der Waals surface area contributed by atoms with Crippen LogP contribution in [0.4, 0.5) is 0 Å². The minimum Gasteiger partial charge on any atom is -0.0588 e. The molecule has 0 nitrogen and oxygen atoms in total. The number of fused-ring (bicyclic) bond motifs is 1. The van der Waals surface area contributed by atoms with Crippen LogP contribution in [-0.2, 0) is 6.42 Å². The summed E-state index contributed by atoms with van der Waals surface area (Å²) >= 11 is 0. The van der Waals surface area contributed by atoms with E-state index in [-0.39, 0.29) is 0 Å². The molecule has 0 aliphatic heterocycles. The summed E-state index contributed by atoms with van der Waals surface area (Å²) in [5, 5.41) is 0. The van der Waals surface area contributed by atoms with Crippen LogP contribution in [0, 0.1) is 13.8 Å². The van der Waals surface area contributed by atoms with Crippen molar-refractivity contribution in [1.82, 2.24) is 0 Å². The highest BCUT2D eigenvalue weighted by molar-refractivity contribution is 5.45. The van der Waals surface area contributed by atoms with Gasteiger partial charge in [-0.25, -0.2) is 0 Å². The van der Waals surface area contributed by atoms with E-state index in [1.165, 1.54) is 24.0 Å². The van der Waals surface area contributed by atoms with Crippen molar-refractivity contribution in [3.05, 3.63) is 34.4 Å². The van der Waals surface area contributed by atoms with Crippen LogP contribution in [0.15, 0.2) is 12.1 Å². The molecular formula is C12H16. The topological polar surface area (TPSA) is 0 Å². The van der Waals surface area contributed by atoms with Crippen molar-refractivity contribution in [2.75, 3.05) is 0 Å². The van der Waals surface area contributed by atoms with Gasteiger partial charge in [0.2, 0.25) is 0 Å². The van der Waals surface area contributed by atoms with Crippen LogP contribution < -0.4 is 0 Å². The molecule has 0 amide bonds. The molecule has 1 aliphatic rings. The van der Waals surface area contributed by atoms with Crippen LogP contribution in [0.25, 0.3) is 0 Å². The lowest BCUT2D eigenvalue weighted by Gasteiger charge is -2.10. The molecule has 1 aromatic carbocycles. The monoisotopic (exact) mass is 160 g/mol. The molecule has 0 radical (unpaired) electrons. The smallest absolute Gasteiger partial charge is 0.0182 e. The molecule has 64 valence electrons. The van der Waals surface area contributed by atoms with Gasteiger partial charge in [-0.2, -0.15) is 0 Å². The van der Waals surface area contributed by atoms with Crippen LogP contribution >= 0.6 is 0 Å². The first kappa shape index (κ1) is 7.85. The van der Waals surface area contributed by atoms with Gasteiger partial charge in [0.15, 0.2) is 0 Å². The second-order valence-corrected chi connectivity index (χ2v) is 4.03. The Bertz CT molecular complexity index is 310. The lowest BCUT2D eigenvalue weighted by atomic mass is 9.95. The lowest BCUT2D eigenvalue weighted by molar-refractivity contribution is 0.744. The minimum atomic E-state index is 0.792. The summed E-state index contributed by atoms with van der Waals surface area (Å²) in [5.41, 5.74) is 6.23. The van der Waals surface area contributed by atoms with Gasteiger partial charge in [-0.05, 0) is 54.9 Å². The molecule has 1 atom stereocenters. The number of aryl methyl sites for hydroxylation is 2. The molecular weight excluding hydrogens is 144 g/mol. The molecule has 0 aromatic heterocycles. The predicted molar refractivity (Wildman–Crippen MR) is 52.7 cm³/mol. The SMILES string of the molecule is Cc1ccc(C)c2c1CC[C@H]2C. The Morgan fingerprint density at radius 3 is 2.50 bits per heavy atom. The fraction of sp³-hybridized carbons (Fsp3) is 0.500. The fourth-order valence-corrected chi connectivity index (χ4v) is 2.41. The molecule has 0 saturated heterocycles. The molecule has 0 saturated carbocycles. The van der Waals surface area contributed by atoms with Gasteiger partial charge in [-0.15, -0.1) is 0 Å². The Labute approximate surface area is 74.6 Å². The molecule has 0 N–H and O–H groups in total. The van der Waals surface area contributed by atoms with Crippen molar-refractivity contribution in [1.29, 1.82) is 0 Å². The molecule has 0 unspecified atom stereocenters. The maximum Gasteiger partial charge on any atom is -0.0182 e. The Balaban J connectivity index is 2.64. The van der Waals surface area contributed by atoms with Crippen LogP contribution in [0.1, 0.15) is 41.5 Å². The highest BCUT2D eigenvalue weighted by Crippen LogP contribution is 2.36. The van der Waals surface area contributed by atoms with Gasteiger partial charge in [0.05, 0.1) is 0 Å². The zero-order valence-electron chi connectivity index (χ0n) is 8.15. The van der Waals surface area contributed by atoms with Crippen molar-refractivity contribution >= 4 is 0 Å². The standard InChI is InChI=1S/C12H16/c1-8-4-5-9(2)12-10(3)6-7-11(8)12/h4-5,10H,6-7H2,1-3H3/t10-/m1/s1. The van der Waals surface area contributed by atoms with Crippen molar-refractivity contribution in [3.63, 3.8) is 0 Å². The second kappa shape index (κ2) is 2.62. The molecule has 2 rings (SSSR count). The number of hydrogen-bond acceptors (Lipinski definition) is 0. The van der Waals surface area contributed by atoms with E-state index < -0.39 is 0 Å². The molecule has 0 spiro atoms. The summed E-state index contributed by atoms with van der Waals surface area (Å²) < 4.78 is 0. The summed E-state index contributed by atoms with van der Waals surface area (Å²) in [7, 11) is 0. The van der Waals surface area contributed by atoms with Crippen LogP contribution in [0.3, 0.4) is 0 Å². The number of rotatable bonds is 0. The summed E-state index contributed by atoms with van der Waals surface area (Å²) in [6.07, 6.45) is 2.64. The molecule has 12 heavy (non-hydrogen) atoms. The van der Waals surface area contributed by atoms with E-state index in [1.807, 2.05) is 0 Å². The predicted octanol–water partition coefficient (Wildman–Crippen LogP) is 3.35. The molecule has 0 heterocycles. The third kappa shape index (κ3) is 0.979. The zero-order chi connectivity index (χ0) is 8.72. The Kier molecular flexibility index (Phi) is 1.71. The summed E-state index contributed by atoms with van der Waals surface area (Å²) in [5.74, 6) is 0.792. The van der Waals surface area contributed by atoms with E-state index in [0.717, 1.165) is 5.92 Å². The van der Waals surface area contributed by atoms with E-state index in [1.54, 1.807) is 11.1 Å². The third-order valence-corrected chi connectivity index (χ3v) is 3.13. The zero-order valence-corrected chi connectivity index (χ0v) is 8.15. The van der Waals surface area contributed by atoms with E-state index in [9.17, 15) is 0 Å². The first-order valence-corrected chi connectivity index (χ1v) is 4.79. The van der Waals surface area contributed by atoms with E-state index in [2.05, 4.69) is 32.9 Å². The van der Waals surface area contributed by atoms with Gasteiger partial charge in [-0.1, -0.05) is 19.1 Å². The molecule has 0 bridgehead atoms. The van der Waals surface area contributed by atoms with E-state index >= 15 is 0 Å². The molecule has 1 aliphatic carbocycles. The van der Waals surface area contributed by atoms with Crippen molar-refractivity contribution in [2.45, 2.75) is 39.5 Å². The Morgan fingerprint density at radius 2 is 1.83 bits per heavy atom. The first-order chi connectivity index (χ1) is 5.70. The van der Waals surface area contributed by atoms with E-state index in [4.69, 9.17) is 0 Å². The fourth-order valence-electron chi connectivity index (χ4n) is 2.41. The van der Waals surface area contributed by atoms with Gasteiger partial charge in [0, 0.05) is 0 Å². The van der Waals surface area contributed by atoms with E-state index in [0.29, 0.717) is 0 Å². The normalized spacial score (nSPS) is 21.1. The lowest BCUT2D eigenvalue weighted by Crippen LogP contribution is -1.93. The summed E-state index contributed by atoms with van der Waals surface area (Å²) in [4.78, 5) is 0. The van der Waals surface area contributed by atoms with Crippen LogP contribution in [0.5, 0.6) is 0 Å². The maximum absolute atomic E-state index is 2.35. The number of benzene rings is 1. The Hall–Kier alpha value is -0.780. The van der Waals surface area contributed by atoms with Crippen molar-refractivity contribution in [2.24, 2.45) is 0 Å². The third-order valence-electron chi connectivity index (χ3n) is 3.13. The molecule has 0 fully saturated rings. The van der Waals surface area contributed by atoms with Crippen LogP contribution in [-0.4, -0.2) is 0 Å². The largest absolute Gasteiger partial charge is 0.0588 e. The van der Waals surface area contributed by atoms with Gasteiger partial charge in [0.25, 0.3) is 0 Å². The molecule has 0 heteroatoms. The highest BCUT2D eigenvalue weighted by atomic mass is 14.3. The first-order valence-electron chi connectivity index (χ1n) is 4.79. The van der Waals surface area contributed by atoms with Crippen molar-refractivity contribution < 1.29 is 0 Å². The average molecular weight is 160 g/mol. The molecule has 1 aromatic rings. The Morgan fingerprint density at radius 1 is 1.17 bits per heavy atom. The average Bonchev–Trinajstić information content (AvgIpc) is 2.42. The van der Waals surface area contributed by atoms with Gasteiger partial charge in [-0.3, -0.25) is 0 Å². The maximum atomic E-state index is 2.35.